The molecule has 0 unspecified atom stereocenters. The zero-order valence-electron chi connectivity index (χ0n) is 15.4. The molecule has 0 aliphatic carbocycles. The molecule has 0 saturated carbocycles. The molecule has 6 heteroatoms. The second-order valence-corrected chi connectivity index (χ2v) is 6.86. The number of amides is 1. The number of nitrogens with zero attached hydrogens (tertiary/aromatic N) is 4. The van der Waals surface area contributed by atoms with E-state index >= 15 is 0 Å². The normalized spacial score (nSPS) is 14.9. The van der Waals surface area contributed by atoms with Gasteiger partial charge in [0, 0.05) is 61.6 Å². The van der Waals surface area contributed by atoms with Crippen molar-refractivity contribution in [3.8, 4) is 11.1 Å². The lowest BCUT2D eigenvalue weighted by Gasteiger charge is -2.25. The molecule has 1 aromatic carbocycles. The number of H-pyrrole nitrogens is 1. The van der Waals surface area contributed by atoms with E-state index in [0.717, 1.165) is 49.3 Å². The molecule has 4 rings (SSSR count). The van der Waals surface area contributed by atoms with E-state index in [1.807, 2.05) is 47.8 Å². The van der Waals surface area contributed by atoms with Crippen LogP contribution < -0.4 is 4.90 Å². The van der Waals surface area contributed by atoms with Crippen molar-refractivity contribution in [1.29, 1.82) is 0 Å². The molecule has 0 radical (unpaired) electrons. The summed E-state index contributed by atoms with van der Waals surface area (Å²) in [5.74, 6) is 0.0913. The number of benzene rings is 1. The minimum atomic E-state index is 0.0913. The van der Waals surface area contributed by atoms with E-state index in [2.05, 4.69) is 33.1 Å². The fraction of sp³-hybridized carbons (Fsp3) is 0.286. The van der Waals surface area contributed by atoms with Gasteiger partial charge in [-0.2, -0.15) is 5.10 Å². The van der Waals surface area contributed by atoms with Crippen molar-refractivity contribution in [1.82, 2.24) is 20.1 Å². The molecular formula is C21H23N5O. The molecular weight excluding hydrogens is 338 g/mol. The molecule has 2 aromatic heterocycles. The van der Waals surface area contributed by atoms with E-state index in [-0.39, 0.29) is 5.91 Å². The second kappa shape index (κ2) is 7.61. The number of aromatic amines is 1. The highest BCUT2D eigenvalue weighted by Crippen LogP contribution is 2.22. The second-order valence-electron chi connectivity index (χ2n) is 6.86. The number of anilines is 1. The highest BCUT2D eigenvalue weighted by atomic mass is 16.2. The van der Waals surface area contributed by atoms with Crippen molar-refractivity contribution >= 4 is 11.6 Å². The maximum Gasteiger partial charge on any atom is 0.253 e. The lowest BCUT2D eigenvalue weighted by molar-refractivity contribution is 0.0767. The smallest absolute Gasteiger partial charge is 0.253 e. The SMILES string of the molecule is Cc1cnccc1N1CCCN(C(=O)c2cccc(-c3cn[nH]c3)c2)CC1. The van der Waals surface area contributed by atoms with Gasteiger partial charge in [0.1, 0.15) is 0 Å². The average Bonchev–Trinajstić information content (AvgIpc) is 3.13. The number of carbonyl (C=O) groups excluding carboxylic acids is 1. The van der Waals surface area contributed by atoms with E-state index in [4.69, 9.17) is 0 Å². The van der Waals surface area contributed by atoms with Crippen molar-refractivity contribution < 1.29 is 4.79 Å². The van der Waals surface area contributed by atoms with Gasteiger partial charge in [-0.05, 0) is 42.7 Å². The van der Waals surface area contributed by atoms with Crippen LogP contribution in [-0.4, -0.2) is 52.2 Å². The summed E-state index contributed by atoms with van der Waals surface area (Å²) in [4.78, 5) is 21.6. The first-order valence-corrected chi connectivity index (χ1v) is 9.26. The first-order chi connectivity index (χ1) is 13.2. The van der Waals surface area contributed by atoms with Crippen LogP contribution in [-0.2, 0) is 0 Å². The van der Waals surface area contributed by atoms with Crippen molar-refractivity contribution in [3.63, 3.8) is 0 Å². The minimum absolute atomic E-state index is 0.0913. The van der Waals surface area contributed by atoms with Crippen LogP contribution in [0, 0.1) is 6.92 Å². The highest BCUT2D eigenvalue weighted by Gasteiger charge is 2.21. The van der Waals surface area contributed by atoms with Crippen LogP contribution in [0.2, 0.25) is 0 Å². The lowest BCUT2D eigenvalue weighted by Crippen LogP contribution is -2.35. The number of nitrogens with one attached hydrogen (secondary N) is 1. The van der Waals surface area contributed by atoms with Gasteiger partial charge >= 0.3 is 0 Å². The molecule has 1 saturated heterocycles. The molecule has 6 nitrogen and oxygen atoms in total. The van der Waals surface area contributed by atoms with Crippen LogP contribution in [0.5, 0.6) is 0 Å². The van der Waals surface area contributed by atoms with Crippen LogP contribution in [0.4, 0.5) is 5.69 Å². The zero-order valence-corrected chi connectivity index (χ0v) is 15.4. The molecule has 0 atom stereocenters. The molecule has 1 amide bonds. The molecule has 1 aliphatic rings. The standard InChI is InChI=1S/C21H23N5O/c1-16-13-22-7-6-20(16)25-8-3-9-26(11-10-25)21(27)18-5-2-4-17(12-18)19-14-23-24-15-19/h2,4-7,12-15H,3,8-11H2,1H3,(H,23,24). The molecule has 0 bridgehead atoms. The van der Waals surface area contributed by atoms with E-state index < -0.39 is 0 Å². The molecule has 1 N–H and O–H groups in total. The van der Waals surface area contributed by atoms with Crippen LogP contribution in [0.1, 0.15) is 22.3 Å². The number of hydrogen-bond acceptors (Lipinski definition) is 4. The zero-order chi connectivity index (χ0) is 18.6. The van der Waals surface area contributed by atoms with Crippen molar-refractivity contribution in [2.75, 3.05) is 31.1 Å². The summed E-state index contributed by atoms with van der Waals surface area (Å²) in [6.45, 7) is 5.35. The maximum atomic E-state index is 13.1. The Kier molecular flexibility index (Phi) is 4.87. The van der Waals surface area contributed by atoms with Crippen LogP contribution in [0.3, 0.4) is 0 Å². The quantitative estimate of drug-likeness (QED) is 0.778. The topological polar surface area (TPSA) is 65.1 Å². The maximum absolute atomic E-state index is 13.1. The number of aromatic nitrogens is 3. The summed E-state index contributed by atoms with van der Waals surface area (Å²) < 4.78 is 0. The molecule has 1 fully saturated rings. The van der Waals surface area contributed by atoms with Gasteiger partial charge in [0.2, 0.25) is 0 Å². The van der Waals surface area contributed by atoms with Gasteiger partial charge in [0.25, 0.3) is 5.91 Å². The molecule has 3 aromatic rings. The first kappa shape index (κ1) is 17.3. The Morgan fingerprint density at radius 2 is 2.00 bits per heavy atom. The Balaban J connectivity index is 1.49. The summed E-state index contributed by atoms with van der Waals surface area (Å²) >= 11 is 0. The summed E-state index contributed by atoms with van der Waals surface area (Å²) in [6.07, 6.45) is 8.28. The number of aryl methyl sites for hydroxylation is 1. The summed E-state index contributed by atoms with van der Waals surface area (Å²) in [6, 6.07) is 9.82. The largest absolute Gasteiger partial charge is 0.369 e. The Hall–Kier alpha value is -3.15. The average molecular weight is 361 g/mol. The van der Waals surface area contributed by atoms with Gasteiger partial charge < -0.3 is 9.80 Å². The van der Waals surface area contributed by atoms with Gasteiger partial charge in [-0.25, -0.2) is 0 Å². The lowest BCUT2D eigenvalue weighted by atomic mass is 10.1. The highest BCUT2D eigenvalue weighted by molar-refractivity contribution is 5.95. The van der Waals surface area contributed by atoms with Crippen molar-refractivity contribution in [2.45, 2.75) is 13.3 Å². The number of pyridine rings is 1. The van der Waals surface area contributed by atoms with Crippen LogP contribution in [0.15, 0.2) is 55.1 Å². The van der Waals surface area contributed by atoms with Gasteiger partial charge in [-0.3, -0.25) is 14.9 Å². The first-order valence-electron chi connectivity index (χ1n) is 9.26. The molecule has 3 heterocycles. The van der Waals surface area contributed by atoms with Crippen molar-refractivity contribution in [2.24, 2.45) is 0 Å². The van der Waals surface area contributed by atoms with Gasteiger partial charge in [-0.1, -0.05) is 12.1 Å². The number of rotatable bonds is 3. The van der Waals surface area contributed by atoms with E-state index in [9.17, 15) is 4.79 Å². The van der Waals surface area contributed by atoms with Gasteiger partial charge in [0.15, 0.2) is 0 Å². The predicted molar refractivity (Wildman–Crippen MR) is 106 cm³/mol. The number of carbonyl (C=O) groups is 1. The van der Waals surface area contributed by atoms with E-state index in [1.54, 1.807) is 6.20 Å². The Labute approximate surface area is 158 Å². The monoisotopic (exact) mass is 361 g/mol. The third-order valence-corrected chi connectivity index (χ3v) is 5.06. The van der Waals surface area contributed by atoms with Gasteiger partial charge in [0.05, 0.1) is 6.20 Å². The predicted octanol–water partition coefficient (Wildman–Crippen LogP) is 3.13. The Morgan fingerprint density at radius 1 is 1.07 bits per heavy atom. The Bertz CT molecular complexity index is 922. The fourth-order valence-corrected chi connectivity index (χ4v) is 3.61. The van der Waals surface area contributed by atoms with E-state index in [0.29, 0.717) is 0 Å². The van der Waals surface area contributed by atoms with Crippen LogP contribution >= 0.6 is 0 Å². The molecule has 27 heavy (non-hydrogen) atoms. The summed E-state index contributed by atoms with van der Waals surface area (Å²) in [7, 11) is 0. The molecule has 1 aliphatic heterocycles. The Morgan fingerprint density at radius 3 is 2.81 bits per heavy atom. The summed E-state index contributed by atoms with van der Waals surface area (Å²) in [5, 5.41) is 6.81. The van der Waals surface area contributed by atoms with Crippen molar-refractivity contribution in [3.05, 3.63) is 66.2 Å². The minimum Gasteiger partial charge on any atom is -0.369 e. The fourth-order valence-electron chi connectivity index (χ4n) is 3.61. The molecule has 0 spiro atoms. The van der Waals surface area contributed by atoms with Crippen LogP contribution in [0.25, 0.3) is 11.1 Å². The summed E-state index contributed by atoms with van der Waals surface area (Å²) in [5.41, 5.74) is 5.09. The number of hydrogen-bond donors (Lipinski definition) is 1. The van der Waals surface area contributed by atoms with Gasteiger partial charge in [-0.15, -0.1) is 0 Å². The third kappa shape index (κ3) is 3.69. The third-order valence-electron chi connectivity index (χ3n) is 5.06. The van der Waals surface area contributed by atoms with E-state index in [1.165, 1.54) is 11.3 Å². The molecule has 138 valence electrons.